The molecule has 3 rings (SSSR count). The molecule has 18 heavy (non-hydrogen) atoms. The van der Waals surface area contributed by atoms with Crippen LogP contribution in [0.2, 0.25) is 0 Å². The van der Waals surface area contributed by atoms with Crippen molar-refractivity contribution in [2.75, 3.05) is 4.90 Å². The largest absolute Gasteiger partial charge is 0.328 e. The van der Waals surface area contributed by atoms with Gasteiger partial charge < -0.3 is 9.47 Å². The normalized spacial score (nSPS) is 17.8. The molecule has 1 atom stereocenters. The molecule has 0 fully saturated rings. The first-order valence-electron chi connectivity index (χ1n) is 6.11. The van der Waals surface area contributed by atoms with Gasteiger partial charge in [0.05, 0.1) is 6.33 Å². The molecule has 0 bridgehead atoms. The van der Waals surface area contributed by atoms with Gasteiger partial charge in [-0.2, -0.15) is 0 Å². The van der Waals surface area contributed by atoms with Crippen molar-refractivity contribution in [3.05, 3.63) is 48.5 Å². The summed E-state index contributed by atoms with van der Waals surface area (Å²) >= 11 is 0. The van der Waals surface area contributed by atoms with E-state index in [1.54, 1.807) is 17.1 Å². The minimum atomic E-state index is 0.116. The van der Waals surface area contributed by atoms with Crippen LogP contribution in [-0.2, 0) is 17.8 Å². The molecule has 4 nitrogen and oxygen atoms in total. The summed E-state index contributed by atoms with van der Waals surface area (Å²) in [4.78, 5) is 18.2. The number of anilines is 1. The molecule has 0 saturated heterocycles. The zero-order chi connectivity index (χ0) is 12.5. The van der Waals surface area contributed by atoms with Gasteiger partial charge in [-0.05, 0) is 25.0 Å². The van der Waals surface area contributed by atoms with Gasteiger partial charge in [-0.15, -0.1) is 0 Å². The van der Waals surface area contributed by atoms with Gasteiger partial charge in [0, 0.05) is 24.1 Å². The molecular formula is C14H15N3O. The molecule has 1 unspecified atom stereocenters. The number of amides is 1. The van der Waals surface area contributed by atoms with E-state index < -0.39 is 0 Å². The number of hydrogen-bond acceptors (Lipinski definition) is 2. The maximum Gasteiger partial charge on any atom is 0.247 e. The number of imidazole rings is 1. The van der Waals surface area contributed by atoms with E-state index >= 15 is 0 Å². The van der Waals surface area contributed by atoms with E-state index in [0.29, 0.717) is 6.54 Å². The number of benzene rings is 1. The Hall–Kier alpha value is -2.10. The molecule has 0 spiro atoms. The topological polar surface area (TPSA) is 38.1 Å². The van der Waals surface area contributed by atoms with E-state index in [9.17, 15) is 4.79 Å². The zero-order valence-electron chi connectivity index (χ0n) is 10.3. The highest BCUT2D eigenvalue weighted by Crippen LogP contribution is 2.31. The average molecular weight is 241 g/mol. The second kappa shape index (κ2) is 4.29. The van der Waals surface area contributed by atoms with Crippen LogP contribution >= 0.6 is 0 Å². The van der Waals surface area contributed by atoms with Crippen LogP contribution in [0, 0.1) is 0 Å². The Labute approximate surface area is 106 Å². The van der Waals surface area contributed by atoms with Gasteiger partial charge in [0.1, 0.15) is 6.54 Å². The number of aromatic nitrogens is 2. The number of fused-ring (bicyclic) bond motifs is 1. The van der Waals surface area contributed by atoms with Crippen molar-refractivity contribution in [3.8, 4) is 0 Å². The van der Waals surface area contributed by atoms with Crippen molar-refractivity contribution < 1.29 is 4.79 Å². The second-order valence-electron chi connectivity index (χ2n) is 4.68. The number of rotatable bonds is 2. The van der Waals surface area contributed by atoms with Crippen molar-refractivity contribution in [2.45, 2.75) is 25.9 Å². The Morgan fingerprint density at radius 1 is 1.44 bits per heavy atom. The first-order chi connectivity index (χ1) is 8.75. The zero-order valence-corrected chi connectivity index (χ0v) is 10.3. The summed E-state index contributed by atoms with van der Waals surface area (Å²) in [5, 5.41) is 0. The molecule has 4 heteroatoms. The van der Waals surface area contributed by atoms with Gasteiger partial charge in [-0.3, -0.25) is 4.79 Å². The van der Waals surface area contributed by atoms with E-state index in [1.807, 2.05) is 29.3 Å². The lowest BCUT2D eigenvalue weighted by molar-refractivity contribution is -0.119. The quantitative estimate of drug-likeness (QED) is 0.805. The van der Waals surface area contributed by atoms with Crippen LogP contribution in [0.5, 0.6) is 0 Å². The van der Waals surface area contributed by atoms with Crippen molar-refractivity contribution >= 4 is 11.6 Å². The van der Waals surface area contributed by atoms with E-state index in [2.05, 4.69) is 18.0 Å². The van der Waals surface area contributed by atoms with Gasteiger partial charge in [0.2, 0.25) is 5.91 Å². The highest BCUT2D eigenvalue weighted by molar-refractivity contribution is 5.96. The molecule has 1 aliphatic rings. The minimum absolute atomic E-state index is 0.116. The summed E-state index contributed by atoms with van der Waals surface area (Å²) in [5.41, 5.74) is 2.30. The molecule has 0 saturated carbocycles. The Kier molecular flexibility index (Phi) is 2.63. The minimum Gasteiger partial charge on any atom is -0.328 e. The number of nitrogens with zero attached hydrogens (tertiary/aromatic N) is 3. The predicted octanol–water partition coefficient (Wildman–Crippen LogP) is 1.86. The first kappa shape index (κ1) is 11.0. The molecule has 92 valence electrons. The molecule has 2 heterocycles. The van der Waals surface area contributed by atoms with Gasteiger partial charge in [0.15, 0.2) is 0 Å². The van der Waals surface area contributed by atoms with Crippen molar-refractivity contribution in [2.24, 2.45) is 0 Å². The Morgan fingerprint density at radius 3 is 3.06 bits per heavy atom. The fraction of sp³-hybridized carbons (Fsp3) is 0.286. The van der Waals surface area contributed by atoms with Crippen LogP contribution in [0.3, 0.4) is 0 Å². The molecule has 1 aliphatic heterocycles. The molecular weight excluding hydrogens is 226 g/mol. The van der Waals surface area contributed by atoms with Crippen LogP contribution in [0.25, 0.3) is 0 Å². The first-order valence-corrected chi connectivity index (χ1v) is 6.11. The third-order valence-corrected chi connectivity index (χ3v) is 3.35. The molecule has 0 aliphatic carbocycles. The van der Waals surface area contributed by atoms with Gasteiger partial charge in [-0.1, -0.05) is 18.2 Å². The summed E-state index contributed by atoms with van der Waals surface area (Å²) < 4.78 is 1.80. The Balaban J connectivity index is 1.86. The van der Waals surface area contributed by atoms with Crippen LogP contribution in [0.1, 0.15) is 12.5 Å². The lowest BCUT2D eigenvalue weighted by Crippen LogP contribution is -2.37. The molecule has 1 amide bonds. The smallest absolute Gasteiger partial charge is 0.247 e. The number of para-hydroxylation sites is 1. The monoisotopic (exact) mass is 241 g/mol. The summed E-state index contributed by atoms with van der Waals surface area (Å²) in [6, 6.07) is 8.35. The Bertz CT molecular complexity index is 562. The highest BCUT2D eigenvalue weighted by Gasteiger charge is 2.30. The van der Waals surface area contributed by atoms with Crippen LogP contribution in [-0.4, -0.2) is 21.5 Å². The van der Waals surface area contributed by atoms with Crippen LogP contribution in [0.15, 0.2) is 43.0 Å². The number of carbonyl (C=O) groups is 1. The standard InChI is InChI=1S/C14H15N3O/c1-11-8-12-4-2-3-5-13(12)17(11)14(18)9-16-7-6-15-10-16/h2-7,10-11H,8-9H2,1H3. The van der Waals surface area contributed by atoms with E-state index in [4.69, 9.17) is 0 Å². The SMILES string of the molecule is CC1Cc2ccccc2N1C(=O)Cn1ccnc1. The molecule has 1 aromatic carbocycles. The van der Waals surface area contributed by atoms with E-state index in [1.165, 1.54) is 5.56 Å². The average Bonchev–Trinajstić information content (AvgIpc) is 2.94. The van der Waals surface area contributed by atoms with Gasteiger partial charge in [0.25, 0.3) is 0 Å². The van der Waals surface area contributed by atoms with Crippen molar-refractivity contribution in [1.82, 2.24) is 9.55 Å². The van der Waals surface area contributed by atoms with Crippen LogP contribution in [0.4, 0.5) is 5.69 Å². The molecule has 0 radical (unpaired) electrons. The third-order valence-electron chi connectivity index (χ3n) is 3.35. The van der Waals surface area contributed by atoms with Gasteiger partial charge >= 0.3 is 0 Å². The molecule has 2 aromatic rings. The maximum absolute atomic E-state index is 12.4. The summed E-state index contributed by atoms with van der Waals surface area (Å²) in [7, 11) is 0. The molecule has 1 aromatic heterocycles. The number of carbonyl (C=O) groups excluding carboxylic acids is 1. The highest BCUT2D eigenvalue weighted by atomic mass is 16.2. The third kappa shape index (κ3) is 1.79. The summed E-state index contributed by atoms with van der Waals surface area (Å²) in [6.07, 6.45) is 6.11. The van der Waals surface area contributed by atoms with Crippen molar-refractivity contribution in [1.29, 1.82) is 0 Å². The van der Waals surface area contributed by atoms with E-state index in [0.717, 1.165) is 12.1 Å². The lowest BCUT2D eigenvalue weighted by Gasteiger charge is -2.22. The number of hydrogen-bond donors (Lipinski definition) is 0. The summed E-state index contributed by atoms with van der Waals surface area (Å²) in [5.74, 6) is 0.116. The second-order valence-corrected chi connectivity index (χ2v) is 4.68. The molecule has 0 N–H and O–H groups in total. The van der Waals surface area contributed by atoms with Crippen LogP contribution < -0.4 is 4.90 Å². The Morgan fingerprint density at radius 2 is 2.28 bits per heavy atom. The maximum atomic E-state index is 12.4. The van der Waals surface area contributed by atoms with Crippen molar-refractivity contribution in [3.63, 3.8) is 0 Å². The fourth-order valence-corrected chi connectivity index (χ4v) is 2.56. The summed E-state index contributed by atoms with van der Waals surface area (Å²) in [6.45, 7) is 2.44. The fourth-order valence-electron chi connectivity index (χ4n) is 2.56. The van der Waals surface area contributed by atoms with Gasteiger partial charge in [-0.25, -0.2) is 4.98 Å². The van der Waals surface area contributed by atoms with E-state index in [-0.39, 0.29) is 11.9 Å². The lowest BCUT2D eigenvalue weighted by atomic mass is 10.1. The predicted molar refractivity (Wildman–Crippen MR) is 69.3 cm³/mol.